The minimum Gasteiger partial charge on any atom is -0.309 e. The standard InChI is InChI=1S/C8H13BrN2S/c1-6-8(9)12-7(10-6)4-5-11(2)3/h4-5H2,1-3H3. The van der Waals surface area contributed by atoms with Crippen molar-refractivity contribution in [3.8, 4) is 0 Å². The Morgan fingerprint density at radius 3 is 2.58 bits per heavy atom. The third kappa shape index (κ3) is 2.84. The van der Waals surface area contributed by atoms with Crippen molar-refractivity contribution in [3.05, 3.63) is 14.5 Å². The van der Waals surface area contributed by atoms with Gasteiger partial charge in [0.15, 0.2) is 0 Å². The molecular formula is C8H13BrN2S. The smallest absolute Gasteiger partial charge is 0.0952 e. The number of nitrogens with zero attached hydrogens (tertiary/aromatic N) is 2. The average molecular weight is 249 g/mol. The van der Waals surface area contributed by atoms with Gasteiger partial charge in [-0.15, -0.1) is 11.3 Å². The lowest BCUT2D eigenvalue weighted by molar-refractivity contribution is 0.413. The molecule has 0 saturated carbocycles. The van der Waals surface area contributed by atoms with Crippen LogP contribution in [0.1, 0.15) is 10.7 Å². The van der Waals surface area contributed by atoms with Gasteiger partial charge in [0.1, 0.15) is 0 Å². The van der Waals surface area contributed by atoms with E-state index in [0.29, 0.717) is 0 Å². The van der Waals surface area contributed by atoms with Crippen LogP contribution in [0, 0.1) is 6.92 Å². The zero-order valence-corrected chi connectivity index (χ0v) is 10.00. The Morgan fingerprint density at radius 2 is 2.17 bits per heavy atom. The van der Waals surface area contributed by atoms with Gasteiger partial charge >= 0.3 is 0 Å². The van der Waals surface area contributed by atoms with E-state index in [0.717, 1.165) is 22.4 Å². The first-order valence-corrected chi connectivity index (χ1v) is 5.47. The molecular weight excluding hydrogens is 236 g/mol. The molecule has 1 aromatic heterocycles. The molecule has 0 spiro atoms. The van der Waals surface area contributed by atoms with E-state index < -0.39 is 0 Å². The Hall–Kier alpha value is 0.0700. The van der Waals surface area contributed by atoms with Gasteiger partial charge in [-0.25, -0.2) is 4.98 Å². The number of aryl methyl sites for hydroxylation is 1. The lowest BCUT2D eigenvalue weighted by atomic mass is 10.4. The highest BCUT2D eigenvalue weighted by Crippen LogP contribution is 2.24. The molecule has 2 nitrogen and oxygen atoms in total. The van der Waals surface area contributed by atoms with E-state index in [2.05, 4.69) is 39.9 Å². The molecule has 1 aromatic rings. The second-order valence-corrected chi connectivity index (χ2v) is 5.42. The third-order valence-corrected chi connectivity index (χ3v) is 3.62. The molecule has 0 unspecified atom stereocenters. The van der Waals surface area contributed by atoms with Crippen molar-refractivity contribution >= 4 is 27.3 Å². The zero-order chi connectivity index (χ0) is 9.14. The van der Waals surface area contributed by atoms with E-state index in [9.17, 15) is 0 Å². The topological polar surface area (TPSA) is 16.1 Å². The maximum Gasteiger partial charge on any atom is 0.0952 e. The van der Waals surface area contributed by atoms with Gasteiger partial charge in [-0.05, 0) is 36.9 Å². The first-order valence-electron chi connectivity index (χ1n) is 3.86. The summed E-state index contributed by atoms with van der Waals surface area (Å²) in [4.78, 5) is 6.60. The number of rotatable bonds is 3. The molecule has 1 rings (SSSR count). The minimum atomic E-state index is 1.05. The second-order valence-electron chi connectivity index (χ2n) is 3.02. The summed E-state index contributed by atoms with van der Waals surface area (Å²) in [6.07, 6.45) is 1.05. The van der Waals surface area contributed by atoms with E-state index in [-0.39, 0.29) is 0 Å². The maximum atomic E-state index is 4.43. The number of hydrogen-bond donors (Lipinski definition) is 0. The fourth-order valence-electron chi connectivity index (χ4n) is 0.857. The monoisotopic (exact) mass is 248 g/mol. The van der Waals surface area contributed by atoms with E-state index >= 15 is 0 Å². The number of aromatic nitrogens is 1. The van der Waals surface area contributed by atoms with Crippen LogP contribution >= 0.6 is 27.3 Å². The van der Waals surface area contributed by atoms with Crippen molar-refractivity contribution in [1.82, 2.24) is 9.88 Å². The molecule has 0 aliphatic carbocycles. The Morgan fingerprint density at radius 1 is 1.50 bits per heavy atom. The quantitative estimate of drug-likeness (QED) is 0.817. The molecule has 68 valence electrons. The van der Waals surface area contributed by atoms with Gasteiger partial charge in [-0.2, -0.15) is 0 Å². The Bertz CT molecular complexity index is 238. The van der Waals surface area contributed by atoms with Gasteiger partial charge in [0.2, 0.25) is 0 Å². The highest BCUT2D eigenvalue weighted by molar-refractivity contribution is 9.11. The van der Waals surface area contributed by atoms with E-state index in [4.69, 9.17) is 0 Å². The van der Waals surface area contributed by atoms with Crippen LogP contribution in [0.15, 0.2) is 3.79 Å². The summed E-state index contributed by atoms with van der Waals surface area (Å²) in [7, 11) is 4.16. The number of halogens is 1. The molecule has 0 atom stereocenters. The van der Waals surface area contributed by atoms with Crippen molar-refractivity contribution < 1.29 is 0 Å². The highest BCUT2D eigenvalue weighted by Gasteiger charge is 2.04. The van der Waals surface area contributed by atoms with Crippen molar-refractivity contribution in [2.75, 3.05) is 20.6 Å². The summed E-state index contributed by atoms with van der Waals surface area (Å²) in [5.41, 5.74) is 1.11. The third-order valence-electron chi connectivity index (χ3n) is 1.56. The van der Waals surface area contributed by atoms with Crippen LogP contribution < -0.4 is 0 Å². The summed E-state index contributed by atoms with van der Waals surface area (Å²) >= 11 is 5.20. The van der Waals surface area contributed by atoms with Crippen LogP contribution in [0.3, 0.4) is 0 Å². The molecule has 12 heavy (non-hydrogen) atoms. The van der Waals surface area contributed by atoms with Crippen molar-refractivity contribution in [1.29, 1.82) is 0 Å². The average Bonchev–Trinajstić information content (AvgIpc) is 2.28. The lowest BCUT2D eigenvalue weighted by Crippen LogP contribution is -2.14. The van der Waals surface area contributed by atoms with E-state index in [1.54, 1.807) is 11.3 Å². The highest BCUT2D eigenvalue weighted by atomic mass is 79.9. The largest absolute Gasteiger partial charge is 0.309 e. The van der Waals surface area contributed by atoms with Gasteiger partial charge in [-0.1, -0.05) is 0 Å². The van der Waals surface area contributed by atoms with Gasteiger partial charge in [0.25, 0.3) is 0 Å². The Kier molecular flexibility index (Phi) is 3.68. The Balaban J connectivity index is 2.53. The zero-order valence-electron chi connectivity index (χ0n) is 7.59. The molecule has 0 amide bonds. The molecule has 0 fully saturated rings. The summed E-state index contributed by atoms with van der Waals surface area (Å²) in [6.45, 7) is 3.10. The van der Waals surface area contributed by atoms with E-state index in [1.807, 2.05) is 6.92 Å². The van der Waals surface area contributed by atoms with Crippen molar-refractivity contribution in [2.45, 2.75) is 13.3 Å². The van der Waals surface area contributed by atoms with Gasteiger partial charge in [0.05, 0.1) is 14.5 Å². The molecule has 0 aliphatic heterocycles. The molecule has 0 saturated heterocycles. The maximum absolute atomic E-state index is 4.43. The van der Waals surface area contributed by atoms with Crippen LogP contribution in [-0.2, 0) is 6.42 Å². The summed E-state index contributed by atoms with van der Waals surface area (Å²) in [5, 5.41) is 1.22. The Labute approximate surface area is 85.7 Å². The van der Waals surface area contributed by atoms with Gasteiger partial charge in [-0.3, -0.25) is 0 Å². The predicted octanol–water partition coefficient (Wildman–Crippen LogP) is 2.32. The number of thiazole rings is 1. The first kappa shape index (κ1) is 10.2. The fraction of sp³-hybridized carbons (Fsp3) is 0.625. The van der Waals surface area contributed by atoms with Crippen molar-refractivity contribution in [2.24, 2.45) is 0 Å². The molecule has 4 heteroatoms. The minimum absolute atomic E-state index is 1.05. The molecule has 0 N–H and O–H groups in total. The lowest BCUT2D eigenvalue weighted by Gasteiger charge is -2.06. The second kappa shape index (κ2) is 4.35. The van der Waals surface area contributed by atoms with Crippen LogP contribution in [0.25, 0.3) is 0 Å². The number of hydrogen-bond acceptors (Lipinski definition) is 3. The van der Waals surface area contributed by atoms with E-state index in [1.165, 1.54) is 5.01 Å². The molecule has 0 aromatic carbocycles. The predicted molar refractivity (Wildman–Crippen MR) is 56.8 cm³/mol. The summed E-state index contributed by atoms with van der Waals surface area (Å²) in [6, 6.07) is 0. The first-order chi connectivity index (χ1) is 5.59. The fourth-order valence-corrected chi connectivity index (χ4v) is 2.28. The normalized spacial score (nSPS) is 11.1. The van der Waals surface area contributed by atoms with Gasteiger partial charge in [0, 0.05) is 13.0 Å². The van der Waals surface area contributed by atoms with Crippen LogP contribution in [0.5, 0.6) is 0 Å². The van der Waals surface area contributed by atoms with Crippen LogP contribution in [-0.4, -0.2) is 30.5 Å². The summed E-state index contributed by atoms with van der Waals surface area (Å²) in [5.74, 6) is 0. The number of likely N-dealkylation sites (N-methyl/N-ethyl adjacent to an activating group) is 1. The molecule has 0 radical (unpaired) electrons. The van der Waals surface area contributed by atoms with Crippen LogP contribution in [0.4, 0.5) is 0 Å². The summed E-state index contributed by atoms with van der Waals surface area (Å²) < 4.78 is 1.16. The molecule has 0 aliphatic rings. The molecule has 0 bridgehead atoms. The SMILES string of the molecule is Cc1nc(CCN(C)C)sc1Br. The van der Waals surface area contributed by atoms with Crippen molar-refractivity contribution in [3.63, 3.8) is 0 Å². The molecule has 1 heterocycles. The van der Waals surface area contributed by atoms with Gasteiger partial charge < -0.3 is 4.90 Å². The van der Waals surface area contributed by atoms with Crippen LogP contribution in [0.2, 0.25) is 0 Å².